The number of rotatable bonds is 6. The maximum Gasteiger partial charge on any atom is 0.214 e. The SMILES string of the molecule is Fc1ccc(-c2cnc(Cn3c(COc4ccccc4)nc4ccccc43)o2)cc1. The fourth-order valence-electron chi connectivity index (χ4n) is 3.34. The van der Waals surface area contributed by atoms with Crippen molar-refractivity contribution in [2.24, 2.45) is 0 Å². The van der Waals surface area contributed by atoms with E-state index in [1.54, 1.807) is 18.3 Å². The van der Waals surface area contributed by atoms with Crippen LogP contribution in [0.3, 0.4) is 0 Å². The highest BCUT2D eigenvalue weighted by atomic mass is 19.1. The first-order chi connectivity index (χ1) is 14.8. The molecule has 3 aromatic carbocycles. The molecule has 5 nitrogen and oxygen atoms in total. The van der Waals surface area contributed by atoms with E-state index in [0.29, 0.717) is 24.8 Å². The predicted molar refractivity (Wildman–Crippen MR) is 112 cm³/mol. The lowest BCUT2D eigenvalue weighted by Crippen LogP contribution is -2.08. The molecule has 0 N–H and O–H groups in total. The number of hydrogen-bond donors (Lipinski definition) is 0. The van der Waals surface area contributed by atoms with E-state index in [1.807, 2.05) is 59.2 Å². The molecule has 0 aliphatic rings. The number of ether oxygens (including phenoxy) is 1. The van der Waals surface area contributed by atoms with Crippen LogP contribution in [0.25, 0.3) is 22.4 Å². The Labute approximate surface area is 172 Å². The Morgan fingerprint density at radius 1 is 0.900 bits per heavy atom. The van der Waals surface area contributed by atoms with Crippen LogP contribution in [0.4, 0.5) is 4.39 Å². The maximum absolute atomic E-state index is 13.2. The molecule has 148 valence electrons. The zero-order chi connectivity index (χ0) is 20.3. The van der Waals surface area contributed by atoms with Gasteiger partial charge in [0.05, 0.1) is 17.2 Å². The van der Waals surface area contributed by atoms with Crippen molar-refractivity contribution in [3.63, 3.8) is 0 Å². The molecule has 5 aromatic rings. The van der Waals surface area contributed by atoms with Gasteiger partial charge in [0.2, 0.25) is 5.89 Å². The van der Waals surface area contributed by atoms with Crippen LogP contribution in [-0.2, 0) is 13.2 Å². The summed E-state index contributed by atoms with van der Waals surface area (Å²) < 4.78 is 27.1. The quantitative estimate of drug-likeness (QED) is 0.381. The van der Waals surface area contributed by atoms with Gasteiger partial charge in [-0.2, -0.15) is 0 Å². The first-order valence-corrected chi connectivity index (χ1v) is 9.59. The van der Waals surface area contributed by atoms with E-state index >= 15 is 0 Å². The zero-order valence-corrected chi connectivity index (χ0v) is 16.0. The Balaban J connectivity index is 1.44. The van der Waals surface area contributed by atoms with Crippen LogP contribution in [0.2, 0.25) is 0 Å². The van der Waals surface area contributed by atoms with Gasteiger partial charge < -0.3 is 13.7 Å². The third kappa shape index (κ3) is 3.67. The summed E-state index contributed by atoms with van der Waals surface area (Å²) in [5.41, 5.74) is 2.64. The highest BCUT2D eigenvalue weighted by Crippen LogP contribution is 2.23. The minimum Gasteiger partial charge on any atom is -0.486 e. The second-order valence-corrected chi connectivity index (χ2v) is 6.83. The molecule has 0 atom stereocenters. The van der Waals surface area contributed by atoms with Gasteiger partial charge in [0.15, 0.2) is 5.76 Å². The van der Waals surface area contributed by atoms with E-state index in [0.717, 1.165) is 28.2 Å². The largest absolute Gasteiger partial charge is 0.486 e. The van der Waals surface area contributed by atoms with Crippen LogP contribution in [0.1, 0.15) is 11.7 Å². The molecule has 0 unspecified atom stereocenters. The van der Waals surface area contributed by atoms with Crippen LogP contribution in [0.15, 0.2) is 89.5 Å². The second-order valence-electron chi connectivity index (χ2n) is 6.83. The second kappa shape index (κ2) is 7.83. The molecule has 30 heavy (non-hydrogen) atoms. The molecule has 6 heteroatoms. The van der Waals surface area contributed by atoms with Crippen molar-refractivity contribution in [2.45, 2.75) is 13.2 Å². The molecule has 0 amide bonds. The highest BCUT2D eigenvalue weighted by molar-refractivity contribution is 5.76. The summed E-state index contributed by atoms with van der Waals surface area (Å²) in [5, 5.41) is 0. The summed E-state index contributed by atoms with van der Waals surface area (Å²) in [6.07, 6.45) is 1.65. The van der Waals surface area contributed by atoms with Crippen molar-refractivity contribution in [1.82, 2.24) is 14.5 Å². The third-order valence-corrected chi connectivity index (χ3v) is 4.82. The number of hydrogen-bond acceptors (Lipinski definition) is 4. The normalized spacial score (nSPS) is 11.1. The van der Waals surface area contributed by atoms with E-state index in [-0.39, 0.29) is 5.82 Å². The van der Waals surface area contributed by atoms with E-state index in [2.05, 4.69) is 4.98 Å². The smallest absolute Gasteiger partial charge is 0.214 e. The van der Waals surface area contributed by atoms with Crippen molar-refractivity contribution < 1.29 is 13.5 Å². The predicted octanol–water partition coefficient (Wildman–Crippen LogP) is 5.46. The number of halogens is 1. The Hall–Kier alpha value is -3.93. The Kier molecular flexibility index (Phi) is 4.73. The Morgan fingerprint density at radius 3 is 2.50 bits per heavy atom. The Bertz CT molecular complexity index is 1280. The number of nitrogens with zero attached hydrogens (tertiary/aromatic N) is 3. The summed E-state index contributed by atoms with van der Waals surface area (Å²) in [7, 11) is 0. The van der Waals surface area contributed by atoms with Crippen molar-refractivity contribution in [3.05, 3.63) is 103 Å². The third-order valence-electron chi connectivity index (χ3n) is 4.82. The van der Waals surface area contributed by atoms with Gasteiger partial charge in [-0.25, -0.2) is 14.4 Å². The number of oxazole rings is 1. The summed E-state index contributed by atoms with van der Waals surface area (Å²) in [6, 6.07) is 23.7. The lowest BCUT2D eigenvalue weighted by molar-refractivity contribution is 0.290. The fraction of sp³-hybridized carbons (Fsp3) is 0.0833. The van der Waals surface area contributed by atoms with Gasteiger partial charge in [0.1, 0.15) is 30.5 Å². The standard InChI is InChI=1S/C24H18FN3O2/c25-18-12-10-17(11-13-18)22-14-26-24(30-22)15-28-21-9-5-4-8-20(21)27-23(28)16-29-19-6-2-1-3-7-19/h1-14H,15-16H2. The number of benzene rings is 3. The lowest BCUT2D eigenvalue weighted by Gasteiger charge is -2.09. The topological polar surface area (TPSA) is 53.1 Å². The molecule has 0 aliphatic heterocycles. The fourth-order valence-corrected chi connectivity index (χ4v) is 3.34. The maximum atomic E-state index is 13.2. The lowest BCUT2D eigenvalue weighted by atomic mass is 10.2. The van der Waals surface area contributed by atoms with E-state index in [4.69, 9.17) is 14.1 Å². The Morgan fingerprint density at radius 2 is 1.67 bits per heavy atom. The zero-order valence-electron chi connectivity index (χ0n) is 16.0. The van der Waals surface area contributed by atoms with Crippen molar-refractivity contribution in [3.8, 4) is 17.1 Å². The average Bonchev–Trinajstić information content (AvgIpc) is 3.39. The molecule has 0 bridgehead atoms. The molecule has 0 spiro atoms. The van der Waals surface area contributed by atoms with E-state index < -0.39 is 0 Å². The van der Waals surface area contributed by atoms with Crippen molar-refractivity contribution in [1.29, 1.82) is 0 Å². The first kappa shape index (κ1) is 18.1. The van der Waals surface area contributed by atoms with Gasteiger partial charge in [-0.1, -0.05) is 30.3 Å². The van der Waals surface area contributed by atoms with Gasteiger partial charge in [-0.3, -0.25) is 0 Å². The summed E-state index contributed by atoms with van der Waals surface area (Å²) >= 11 is 0. The molecule has 5 rings (SSSR count). The summed E-state index contributed by atoms with van der Waals surface area (Å²) in [5.74, 6) is 2.41. The van der Waals surface area contributed by atoms with Gasteiger partial charge in [0.25, 0.3) is 0 Å². The van der Waals surface area contributed by atoms with Crippen LogP contribution < -0.4 is 4.74 Å². The molecule has 0 saturated carbocycles. The number of imidazole rings is 1. The number of aromatic nitrogens is 3. The summed E-state index contributed by atoms with van der Waals surface area (Å²) in [6.45, 7) is 0.736. The monoisotopic (exact) mass is 399 g/mol. The minimum atomic E-state index is -0.286. The summed E-state index contributed by atoms with van der Waals surface area (Å²) in [4.78, 5) is 9.13. The number of para-hydroxylation sites is 3. The molecular weight excluding hydrogens is 381 g/mol. The van der Waals surface area contributed by atoms with Crippen LogP contribution in [0.5, 0.6) is 5.75 Å². The molecule has 0 radical (unpaired) electrons. The molecule has 0 saturated heterocycles. The van der Waals surface area contributed by atoms with Crippen LogP contribution in [0, 0.1) is 5.82 Å². The van der Waals surface area contributed by atoms with Gasteiger partial charge >= 0.3 is 0 Å². The molecule has 2 aromatic heterocycles. The number of fused-ring (bicyclic) bond motifs is 1. The first-order valence-electron chi connectivity index (χ1n) is 9.59. The van der Waals surface area contributed by atoms with Gasteiger partial charge in [-0.15, -0.1) is 0 Å². The average molecular weight is 399 g/mol. The molecule has 0 aliphatic carbocycles. The molecule has 2 heterocycles. The van der Waals surface area contributed by atoms with E-state index in [1.165, 1.54) is 12.1 Å². The molecular formula is C24H18FN3O2. The van der Waals surface area contributed by atoms with Crippen molar-refractivity contribution in [2.75, 3.05) is 0 Å². The minimum absolute atomic E-state index is 0.286. The van der Waals surface area contributed by atoms with Crippen LogP contribution >= 0.6 is 0 Å². The highest BCUT2D eigenvalue weighted by Gasteiger charge is 2.15. The van der Waals surface area contributed by atoms with Crippen LogP contribution in [-0.4, -0.2) is 14.5 Å². The molecule has 0 fully saturated rings. The van der Waals surface area contributed by atoms with E-state index in [9.17, 15) is 4.39 Å². The van der Waals surface area contributed by atoms with Gasteiger partial charge in [0, 0.05) is 5.56 Å². The van der Waals surface area contributed by atoms with Gasteiger partial charge in [-0.05, 0) is 48.5 Å². The van der Waals surface area contributed by atoms with Crippen molar-refractivity contribution >= 4 is 11.0 Å².